The largest absolute Gasteiger partial charge is 0.326 e. The van der Waals surface area contributed by atoms with Crippen molar-refractivity contribution < 1.29 is 9.59 Å². The van der Waals surface area contributed by atoms with Crippen molar-refractivity contribution in [3.8, 4) is 0 Å². The van der Waals surface area contributed by atoms with E-state index in [9.17, 15) is 9.59 Å². The predicted molar refractivity (Wildman–Crippen MR) is 101 cm³/mol. The molecule has 0 atom stereocenters. The first-order chi connectivity index (χ1) is 12.3. The number of hydrogen-bond donors (Lipinski definition) is 2. The Balaban J connectivity index is 1.88. The normalized spacial score (nSPS) is 11.0. The van der Waals surface area contributed by atoms with Gasteiger partial charge in [0.1, 0.15) is 0 Å². The Kier molecular flexibility index (Phi) is 4.71. The molecule has 0 unspecified atom stereocenters. The third-order valence-electron chi connectivity index (χ3n) is 3.93. The molecule has 0 saturated carbocycles. The Morgan fingerprint density at radius 1 is 1.12 bits per heavy atom. The van der Waals surface area contributed by atoms with Crippen molar-refractivity contribution in [3.63, 3.8) is 0 Å². The van der Waals surface area contributed by atoms with Crippen molar-refractivity contribution in [2.75, 3.05) is 10.6 Å². The molecule has 2 amide bonds. The maximum Gasteiger partial charge on any atom is 0.257 e. The SMILES string of the molecule is CC(=O)Nc1cccc(NC(=O)c2cc3cnn(C(C)C)c3nc2C)c1. The molecule has 7 heteroatoms. The van der Waals surface area contributed by atoms with Gasteiger partial charge in [-0.15, -0.1) is 0 Å². The molecule has 3 rings (SSSR count). The van der Waals surface area contributed by atoms with E-state index in [2.05, 4.69) is 20.7 Å². The van der Waals surface area contributed by atoms with E-state index in [1.54, 1.807) is 43.5 Å². The number of carbonyl (C=O) groups excluding carboxylic acids is 2. The van der Waals surface area contributed by atoms with Crippen LogP contribution in [0.1, 0.15) is 42.9 Å². The van der Waals surface area contributed by atoms with Gasteiger partial charge in [-0.3, -0.25) is 9.59 Å². The molecule has 2 N–H and O–H groups in total. The highest BCUT2D eigenvalue weighted by Gasteiger charge is 2.15. The number of anilines is 2. The van der Waals surface area contributed by atoms with E-state index in [0.717, 1.165) is 11.0 Å². The van der Waals surface area contributed by atoms with Gasteiger partial charge in [0.2, 0.25) is 5.91 Å². The predicted octanol–water partition coefficient (Wildman–Crippen LogP) is 3.53. The molecule has 7 nitrogen and oxygen atoms in total. The van der Waals surface area contributed by atoms with Gasteiger partial charge < -0.3 is 10.6 Å². The van der Waals surface area contributed by atoms with Gasteiger partial charge in [0.15, 0.2) is 5.65 Å². The second-order valence-corrected chi connectivity index (χ2v) is 6.43. The first-order valence-electron chi connectivity index (χ1n) is 8.39. The van der Waals surface area contributed by atoms with Crippen LogP contribution in [0.15, 0.2) is 36.5 Å². The summed E-state index contributed by atoms with van der Waals surface area (Å²) in [6.45, 7) is 7.31. The lowest BCUT2D eigenvalue weighted by molar-refractivity contribution is -0.114. The third-order valence-corrected chi connectivity index (χ3v) is 3.93. The van der Waals surface area contributed by atoms with Crippen LogP contribution in [0.3, 0.4) is 0 Å². The van der Waals surface area contributed by atoms with Crippen LogP contribution in [0.4, 0.5) is 11.4 Å². The first-order valence-corrected chi connectivity index (χ1v) is 8.39. The Hall–Kier alpha value is -3.22. The zero-order chi connectivity index (χ0) is 18.8. The summed E-state index contributed by atoms with van der Waals surface area (Å²) in [6.07, 6.45) is 1.72. The fourth-order valence-electron chi connectivity index (χ4n) is 2.75. The smallest absolute Gasteiger partial charge is 0.257 e. The van der Waals surface area contributed by atoms with Crippen LogP contribution in [0, 0.1) is 6.92 Å². The lowest BCUT2D eigenvalue weighted by Gasteiger charge is -2.11. The minimum Gasteiger partial charge on any atom is -0.326 e. The van der Waals surface area contributed by atoms with Gasteiger partial charge >= 0.3 is 0 Å². The van der Waals surface area contributed by atoms with E-state index in [1.165, 1.54) is 6.92 Å². The molecule has 0 radical (unpaired) electrons. The Labute approximate surface area is 151 Å². The lowest BCUT2D eigenvalue weighted by Crippen LogP contribution is -2.15. The molecular formula is C19H21N5O2. The summed E-state index contributed by atoms with van der Waals surface area (Å²) in [6, 6.07) is 8.99. The van der Waals surface area contributed by atoms with Crippen molar-refractivity contribution in [2.45, 2.75) is 33.7 Å². The van der Waals surface area contributed by atoms with Crippen molar-refractivity contribution in [3.05, 3.63) is 47.8 Å². The highest BCUT2D eigenvalue weighted by molar-refractivity contribution is 6.07. The van der Waals surface area contributed by atoms with Crippen LogP contribution in [0.2, 0.25) is 0 Å². The van der Waals surface area contributed by atoms with E-state index in [1.807, 2.05) is 18.5 Å². The van der Waals surface area contributed by atoms with Crippen LogP contribution >= 0.6 is 0 Å². The molecule has 0 bridgehead atoms. The van der Waals surface area contributed by atoms with E-state index in [0.29, 0.717) is 22.6 Å². The minimum absolute atomic E-state index is 0.166. The average Bonchev–Trinajstić information content (AvgIpc) is 2.96. The maximum absolute atomic E-state index is 12.7. The number of hydrogen-bond acceptors (Lipinski definition) is 4. The monoisotopic (exact) mass is 351 g/mol. The first kappa shape index (κ1) is 17.6. The molecule has 1 aromatic carbocycles. The minimum atomic E-state index is -0.255. The van der Waals surface area contributed by atoms with Crippen LogP contribution in [-0.2, 0) is 4.79 Å². The molecule has 3 aromatic rings. The zero-order valence-corrected chi connectivity index (χ0v) is 15.2. The van der Waals surface area contributed by atoms with Crippen LogP contribution in [0.25, 0.3) is 11.0 Å². The fraction of sp³-hybridized carbons (Fsp3) is 0.263. The Morgan fingerprint density at radius 3 is 2.46 bits per heavy atom. The van der Waals surface area contributed by atoms with Crippen LogP contribution in [-0.4, -0.2) is 26.6 Å². The molecule has 0 spiro atoms. The van der Waals surface area contributed by atoms with Crippen molar-refractivity contribution in [1.29, 1.82) is 0 Å². The van der Waals surface area contributed by atoms with E-state index >= 15 is 0 Å². The lowest BCUT2D eigenvalue weighted by atomic mass is 10.1. The second-order valence-electron chi connectivity index (χ2n) is 6.43. The van der Waals surface area contributed by atoms with E-state index in [4.69, 9.17) is 0 Å². The fourth-order valence-corrected chi connectivity index (χ4v) is 2.75. The number of rotatable bonds is 4. The second kappa shape index (κ2) is 6.95. The molecule has 26 heavy (non-hydrogen) atoms. The van der Waals surface area contributed by atoms with Crippen molar-refractivity contribution in [2.24, 2.45) is 0 Å². The number of pyridine rings is 1. The van der Waals surface area contributed by atoms with Crippen LogP contribution < -0.4 is 10.6 Å². The maximum atomic E-state index is 12.7. The third kappa shape index (κ3) is 3.56. The molecule has 0 aliphatic heterocycles. The van der Waals surface area contributed by atoms with Gasteiger partial charge in [0.25, 0.3) is 5.91 Å². The van der Waals surface area contributed by atoms with Gasteiger partial charge in [0.05, 0.1) is 17.5 Å². The molecule has 2 heterocycles. The van der Waals surface area contributed by atoms with E-state index < -0.39 is 0 Å². The molecule has 2 aromatic heterocycles. The average molecular weight is 351 g/mol. The molecular weight excluding hydrogens is 330 g/mol. The number of aromatic nitrogens is 3. The summed E-state index contributed by atoms with van der Waals surface area (Å²) >= 11 is 0. The topological polar surface area (TPSA) is 88.9 Å². The number of carbonyl (C=O) groups is 2. The molecule has 0 saturated heterocycles. The Bertz CT molecular complexity index is 991. The Morgan fingerprint density at radius 2 is 1.81 bits per heavy atom. The summed E-state index contributed by atoms with van der Waals surface area (Å²) < 4.78 is 1.83. The summed E-state index contributed by atoms with van der Waals surface area (Å²) in [5.41, 5.74) is 3.11. The van der Waals surface area contributed by atoms with Gasteiger partial charge in [-0.05, 0) is 45.0 Å². The highest BCUT2D eigenvalue weighted by Crippen LogP contribution is 2.21. The van der Waals surface area contributed by atoms with Gasteiger partial charge in [0, 0.05) is 29.7 Å². The number of nitrogens with one attached hydrogen (secondary N) is 2. The summed E-state index contributed by atoms with van der Waals surface area (Å²) in [4.78, 5) is 28.4. The van der Waals surface area contributed by atoms with E-state index in [-0.39, 0.29) is 17.9 Å². The number of benzene rings is 1. The number of aryl methyl sites for hydroxylation is 1. The number of amides is 2. The van der Waals surface area contributed by atoms with Gasteiger partial charge in [-0.2, -0.15) is 5.10 Å². The van der Waals surface area contributed by atoms with Gasteiger partial charge in [-0.25, -0.2) is 9.67 Å². The highest BCUT2D eigenvalue weighted by atomic mass is 16.2. The van der Waals surface area contributed by atoms with Crippen LogP contribution in [0.5, 0.6) is 0 Å². The van der Waals surface area contributed by atoms with Crippen molar-refractivity contribution >= 4 is 34.2 Å². The van der Waals surface area contributed by atoms with Crippen molar-refractivity contribution in [1.82, 2.24) is 14.8 Å². The summed E-state index contributed by atoms with van der Waals surface area (Å²) in [5, 5.41) is 10.7. The summed E-state index contributed by atoms with van der Waals surface area (Å²) in [7, 11) is 0. The van der Waals surface area contributed by atoms with Gasteiger partial charge in [-0.1, -0.05) is 6.07 Å². The standard InChI is InChI=1S/C19H21N5O2/c1-11(2)24-18-14(10-20-24)8-17(12(3)21-18)19(26)23-16-7-5-6-15(9-16)22-13(4)25/h5-11H,1-4H3,(H,22,25)(H,23,26). The quantitative estimate of drug-likeness (QED) is 0.752. The zero-order valence-electron chi connectivity index (χ0n) is 15.2. The molecule has 0 aliphatic carbocycles. The number of nitrogens with zero attached hydrogens (tertiary/aromatic N) is 3. The molecule has 134 valence electrons. The molecule has 0 fully saturated rings. The molecule has 0 aliphatic rings. The summed E-state index contributed by atoms with van der Waals surface area (Å²) in [5.74, 6) is -0.421. The number of fused-ring (bicyclic) bond motifs is 1.